The first kappa shape index (κ1) is 16.8. The summed E-state index contributed by atoms with van der Waals surface area (Å²) in [5.41, 5.74) is 0.831. The van der Waals surface area contributed by atoms with Crippen molar-refractivity contribution in [2.45, 2.75) is 13.0 Å². The van der Waals surface area contributed by atoms with Crippen LogP contribution < -0.4 is 10.1 Å². The van der Waals surface area contributed by atoms with Crippen molar-refractivity contribution in [3.63, 3.8) is 0 Å². The Morgan fingerprint density at radius 3 is 2.57 bits per heavy atom. The normalized spacial score (nSPS) is 11.4. The number of ether oxygens (including phenoxy) is 2. The molecule has 0 heterocycles. The van der Waals surface area contributed by atoms with Gasteiger partial charge in [-0.15, -0.1) is 0 Å². The Balaban J connectivity index is 2.04. The fraction of sp³-hybridized carbons (Fsp3) is 0.176. The number of nitrogens with one attached hydrogen (secondary N) is 1. The minimum Gasteiger partial charge on any atom is -0.479 e. The lowest BCUT2D eigenvalue weighted by Gasteiger charge is -2.15. The Kier molecular flexibility index (Phi) is 5.60. The molecule has 0 saturated carbocycles. The van der Waals surface area contributed by atoms with Gasteiger partial charge in [-0.1, -0.05) is 29.8 Å². The average molecular weight is 334 g/mol. The summed E-state index contributed by atoms with van der Waals surface area (Å²) in [6.07, 6.45) is -0.753. The number of hydrogen-bond acceptors (Lipinski definition) is 4. The third-order valence-electron chi connectivity index (χ3n) is 3.06. The lowest BCUT2D eigenvalue weighted by atomic mass is 10.2. The standard InChI is InChI=1S/C17H16ClNO4/c1-11(23-15-9-4-3-8-14(15)18)16(20)19-13-7-5-6-12(10-13)17(21)22-2/h3-11H,1-2H3,(H,19,20)/t11-/m1/s1. The van der Waals surface area contributed by atoms with Crippen LogP contribution in [0.1, 0.15) is 17.3 Å². The van der Waals surface area contributed by atoms with E-state index in [1.165, 1.54) is 13.2 Å². The highest BCUT2D eigenvalue weighted by Crippen LogP contribution is 2.24. The van der Waals surface area contributed by atoms with Crippen LogP contribution in [-0.2, 0) is 9.53 Å². The highest BCUT2D eigenvalue weighted by Gasteiger charge is 2.16. The van der Waals surface area contributed by atoms with Gasteiger partial charge in [0.25, 0.3) is 5.91 Å². The summed E-state index contributed by atoms with van der Waals surface area (Å²) in [5, 5.41) is 3.12. The first-order chi connectivity index (χ1) is 11.0. The van der Waals surface area contributed by atoms with Gasteiger partial charge in [-0.05, 0) is 37.3 Å². The largest absolute Gasteiger partial charge is 0.479 e. The molecule has 23 heavy (non-hydrogen) atoms. The second-order valence-corrected chi connectivity index (χ2v) is 5.16. The van der Waals surface area contributed by atoms with Crippen LogP contribution in [0.2, 0.25) is 5.02 Å². The highest BCUT2D eigenvalue weighted by atomic mass is 35.5. The molecule has 120 valence electrons. The molecule has 1 N–H and O–H groups in total. The van der Waals surface area contributed by atoms with Gasteiger partial charge >= 0.3 is 5.97 Å². The molecule has 2 aromatic carbocycles. The van der Waals surface area contributed by atoms with E-state index >= 15 is 0 Å². The van der Waals surface area contributed by atoms with E-state index < -0.39 is 12.1 Å². The third kappa shape index (κ3) is 4.47. The Morgan fingerprint density at radius 2 is 1.87 bits per heavy atom. The second kappa shape index (κ2) is 7.65. The van der Waals surface area contributed by atoms with Crippen LogP contribution >= 0.6 is 11.6 Å². The maximum Gasteiger partial charge on any atom is 0.337 e. The van der Waals surface area contributed by atoms with Crippen LogP contribution in [0.15, 0.2) is 48.5 Å². The second-order valence-electron chi connectivity index (χ2n) is 4.75. The predicted molar refractivity (Wildman–Crippen MR) is 88.0 cm³/mol. The molecule has 0 aliphatic carbocycles. The topological polar surface area (TPSA) is 64.6 Å². The molecule has 0 saturated heterocycles. The minimum atomic E-state index is -0.753. The number of halogens is 1. The summed E-state index contributed by atoms with van der Waals surface area (Å²) in [6, 6.07) is 13.4. The summed E-state index contributed by atoms with van der Waals surface area (Å²) in [5.74, 6) is -0.395. The quantitative estimate of drug-likeness (QED) is 0.850. The summed E-state index contributed by atoms with van der Waals surface area (Å²) >= 11 is 6.00. The van der Waals surface area contributed by atoms with E-state index in [1.54, 1.807) is 49.4 Å². The number of hydrogen-bond donors (Lipinski definition) is 1. The van der Waals surface area contributed by atoms with Gasteiger partial charge in [0.2, 0.25) is 0 Å². The minimum absolute atomic E-state index is 0.352. The molecule has 2 rings (SSSR count). The van der Waals surface area contributed by atoms with Crippen molar-refractivity contribution < 1.29 is 19.1 Å². The number of anilines is 1. The Bertz CT molecular complexity index is 717. The first-order valence-corrected chi connectivity index (χ1v) is 7.29. The van der Waals surface area contributed by atoms with Gasteiger partial charge < -0.3 is 14.8 Å². The SMILES string of the molecule is COC(=O)c1cccc(NC(=O)[C@@H](C)Oc2ccccc2Cl)c1. The fourth-order valence-corrected chi connectivity index (χ4v) is 2.05. The molecule has 0 aliphatic rings. The van der Waals surface area contributed by atoms with Crippen molar-refractivity contribution in [2.24, 2.45) is 0 Å². The molecule has 6 heteroatoms. The molecule has 1 atom stereocenters. The molecule has 5 nitrogen and oxygen atoms in total. The van der Waals surface area contributed by atoms with E-state index in [9.17, 15) is 9.59 Å². The highest BCUT2D eigenvalue weighted by molar-refractivity contribution is 6.32. The number of esters is 1. The Morgan fingerprint density at radius 1 is 1.13 bits per heavy atom. The molecule has 0 aromatic heterocycles. The zero-order valence-electron chi connectivity index (χ0n) is 12.7. The molecular weight excluding hydrogens is 318 g/mol. The average Bonchev–Trinajstić information content (AvgIpc) is 2.56. The molecule has 0 spiro atoms. The zero-order valence-corrected chi connectivity index (χ0v) is 13.5. The van der Waals surface area contributed by atoms with E-state index in [0.717, 1.165) is 0 Å². The Labute approximate surface area is 139 Å². The van der Waals surface area contributed by atoms with Crippen molar-refractivity contribution in [2.75, 3.05) is 12.4 Å². The maximum absolute atomic E-state index is 12.2. The first-order valence-electron chi connectivity index (χ1n) is 6.91. The molecule has 1 amide bonds. The smallest absolute Gasteiger partial charge is 0.337 e. The van der Waals surface area contributed by atoms with Crippen molar-refractivity contribution in [1.29, 1.82) is 0 Å². The third-order valence-corrected chi connectivity index (χ3v) is 3.37. The molecule has 0 unspecified atom stereocenters. The van der Waals surface area contributed by atoms with Crippen molar-refractivity contribution in [3.8, 4) is 5.75 Å². The Hall–Kier alpha value is -2.53. The van der Waals surface area contributed by atoms with Gasteiger partial charge in [-0.25, -0.2) is 4.79 Å². The monoisotopic (exact) mass is 333 g/mol. The van der Waals surface area contributed by atoms with Crippen LogP contribution in [0.3, 0.4) is 0 Å². The van der Waals surface area contributed by atoms with Crippen molar-refractivity contribution in [1.82, 2.24) is 0 Å². The predicted octanol–water partition coefficient (Wildman–Crippen LogP) is 3.53. The fourth-order valence-electron chi connectivity index (χ4n) is 1.87. The summed E-state index contributed by atoms with van der Waals surface area (Å²) in [6.45, 7) is 1.61. The molecule has 2 aromatic rings. The number of rotatable bonds is 5. The zero-order chi connectivity index (χ0) is 16.8. The van der Waals surface area contributed by atoms with Gasteiger partial charge in [0.1, 0.15) is 5.75 Å². The summed E-state index contributed by atoms with van der Waals surface area (Å²) in [7, 11) is 1.30. The van der Waals surface area contributed by atoms with Crippen LogP contribution in [0.4, 0.5) is 5.69 Å². The molecule has 0 aliphatic heterocycles. The van der Waals surface area contributed by atoms with Gasteiger partial charge in [-0.3, -0.25) is 4.79 Å². The van der Waals surface area contributed by atoms with Gasteiger partial charge in [0, 0.05) is 5.69 Å². The van der Waals surface area contributed by atoms with E-state index in [4.69, 9.17) is 16.3 Å². The van der Waals surface area contributed by atoms with E-state index in [-0.39, 0.29) is 5.91 Å². The molecular formula is C17H16ClNO4. The molecule has 0 radical (unpaired) electrons. The van der Waals surface area contributed by atoms with Crippen molar-refractivity contribution >= 4 is 29.2 Å². The van der Waals surface area contributed by atoms with Gasteiger partial charge in [-0.2, -0.15) is 0 Å². The van der Waals surface area contributed by atoms with E-state index in [0.29, 0.717) is 22.0 Å². The van der Waals surface area contributed by atoms with Crippen LogP contribution in [-0.4, -0.2) is 25.1 Å². The molecule has 0 fully saturated rings. The van der Waals surface area contributed by atoms with Crippen LogP contribution in [0.5, 0.6) is 5.75 Å². The maximum atomic E-state index is 12.2. The lowest BCUT2D eigenvalue weighted by molar-refractivity contribution is -0.122. The van der Waals surface area contributed by atoms with Gasteiger partial charge in [0.05, 0.1) is 17.7 Å². The number of carbonyl (C=O) groups excluding carboxylic acids is 2. The number of benzene rings is 2. The number of carbonyl (C=O) groups is 2. The van der Waals surface area contributed by atoms with Crippen molar-refractivity contribution in [3.05, 3.63) is 59.1 Å². The summed E-state index contributed by atoms with van der Waals surface area (Å²) < 4.78 is 10.2. The summed E-state index contributed by atoms with van der Waals surface area (Å²) in [4.78, 5) is 23.7. The lowest BCUT2D eigenvalue weighted by Crippen LogP contribution is -2.30. The van der Waals surface area contributed by atoms with E-state index in [2.05, 4.69) is 10.1 Å². The van der Waals surface area contributed by atoms with Crippen LogP contribution in [0, 0.1) is 0 Å². The van der Waals surface area contributed by atoms with Crippen LogP contribution in [0.25, 0.3) is 0 Å². The molecule has 0 bridgehead atoms. The number of amides is 1. The van der Waals surface area contributed by atoms with E-state index in [1.807, 2.05) is 0 Å². The number of methoxy groups -OCH3 is 1. The van der Waals surface area contributed by atoms with Gasteiger partial charge in [0.15, 0.2) is 6.10 Å². The number of para-hydroxylation sites is 1.